The maximum atomic E-state index is 3.70. The van der Waals surface area contributed by atoms with Gasteiger partial charge in [0.05, 0.1) is 5.69 Å². The van der Waals surface area contributed by atoms with Gasteiger partial charge in [0.1, 0.15) is 0 Å². The third-order valence-corrected chi connectivity index (χ3v) is 4.89. The van der Waals surface area contributed by atoms with Gasteiger partial charge in [0.15, 0.2) is 0 Å². The van der Waals surface area contributed by atoms with Crippen LogP contribution in [0.2, 0.25) is 0 Å². The number of aryl methyl sites for hydroxylation is 1. The van der Waals surface area contributed by atoms with Crippen LogP contribution in [0.15, 0.2) is 46.9 Å². The molecule has 2 atom stereocenters. The molecule has 1 aliphatic carbocycles. The lowest BCUT2D eigenvalue weighted by Crippen LogP contribution is -2.27. The van der Waals surface area contributed by atoms with E-state index < -0.39 is 0 Å². The zero-order valence-corrected chi connectivity index (χ0v) is 11.6. The van der Waals surface area contributed by atoms with Crippen LogP contribution < -0.4 is 5.32 Å². The van der Waals surface area contributed by atoms with Gasteiger partial charge in [-0.15, -0.1) is 0 Å². The van der Waals surface area contributed by atoms with Crippen molar-refractivity contribution < 1.29 is 0 Å². The van der Waals surface area contributed by atoms with Gasteiger partial charge in [0.2, 0.25) is 0 Å². The Balaban J connectivity index is 1.93. The summed E-state index contributed by atoms with van der Waals surface area (Å²) in [4.78, 5) is 0. The monoisotopic (exact) mass is 299 g/mol. The Hall–Kier alpha value is -1.28. The number of hydrogen-bond acceptors (Lipinski definition) is 1. The van der Waals surface area contributed by atoms with E-state index in [1.54, 1.807) is 0 Å². The molecule has 2 aromatic carbocycles. The zero-order valence-electron chi connectivity index (χ0n) is 9.99. The topological polar surface area (TPSA) is 12.0 Å². The average molecular weight is 300 g/mol. The molecule has 18 heavy (non-hydrogen) atoms. The second-order valence-corrected chi connectivity index (χ2v) is 6.02. The fourth-order valence-corrected chi connectivity index (χ4v) is 3.93. The molecule has 2 heteroatoms. The normalized spacial score (nSPS) is 23.8. The first-order valence-corrected chi connectivity index (χ1v) is 7.26. The molecule has 2 aliphatic rings. The van der Waals surface area contributed by atoms with Crippen molar-refractivity contribution in [2.45, 2.75) is 24.8 Å². The smallest absolute Gasteiger partial charge is 0.0526 e. The van der Waals surface area contributed by atoms with Crippen LogP contribution in [0, 0.1) is 0 Å². The van der Waals surface area contributed by atoms with Crippen molar-refractivity contribution in [3.8, 4) is 0 Å². The molecule has 2 aromatic rings. The largest absolute Gasteiger partial charge is 0.380 e. The lowest BCUT2D eigenvalue weighted by molar-refractivity contribution is 0.574. The van der Waals surface area contributed by atoms with Gasteiger partial charge in [-0.2, -0.15) is 0 Å². The van der Waals surface area contributed by atoms with Gasteiger partial charge in [0, 0.05) is 16.4 Å². The Kier molecular flexibility index (Phi) is 2.28. The lowest BCUT2D eigenvalue weighted by Gasteiger charge is -2.28. The number of fused-ring (bicyclic) bond motifs is 5. The highest BCUT2D eigenvalue weighted by Gasteiger charge is 2.37. The molecule has 0 fully saturated rings. The van der Waals surface area contributed by atoms with Gasteiger partial charge < -0.3 is 5.32 Å². The van der Waals surface area contributed by atoms with Crippen LogP contribution in [0.5, 0.6) is 0 Å². The summed E-state index contributed by atoms with van der Waals surface area (Å²) in [6.45, 7) is 0. The van der Waals surface area contributed by atoms with Crippen molar-refractivity contribution in [2.75, 3.05) is 5.32 Å². The first kappa shape index (κ1) is 10.6. The molecule has 0 aromatic heterocycles. The summed E-state index contributed by atoms with van der Waals surface area (Å²) in [5, 5.41) is 3.70. The van der Waals surface area contributed by atoms with Crippen LogP contribution in [0.1, 0.15) is 29.0 Å². The fourth-order valence-electron chi connectivity index (χ4n) is 3.44. The highest BCUT2D eigenvalue weighted by molar-refractivity contribution is 9.10. The number of benzene rings is 2. The van der Waals surface area contributed by atoms with E-state index in [0.717, 1.165) is 0 Å². The minimum Gasteiger partial charge on any atom is -0.380 e. The summed E-state index contributed by atoms with van der Waals surface area (Å²) in [6, 6.07) is 16.0. The van der Waals surface area contributed by atoms with Crippen LogP contribution >= 0.6 is 15.9 Å². The molecule has 1 nitrogen and oxygen atoms in total. The van der Waals surface area contributed by atoms with Gasteiger partial charge in [-0.05, 0) is 51.5 Å². The minimum absolute atomic E-state index is 0.530. The zero-order chi connectivity index (χ0) is 12.1. The molecule has 0 saturated heterocycles. The number of rotatable bonds is 0. The van der Waals surface area contributed by atoms with Crippen LogP contribution in [0.3, 0.4) is 0 Å². The average Bonchev–Trinajstić information content (AvgIpc) is 2.79. The van der Waals surface area contributed by atoms with Gasteiger partial charge >= 0.3 is 0 Å². The fraction of sp³-hybridized carbons (Fsp3) is 0.250. The second kappa shape index (κ2) is 3.86. The maximum Gasteiger partial charge on any atom is 0.0526 e. The number of nitrogens with one attached hydrogen (secondary N) is 1. The molecule has 1 heterocycles. The van der Waals surface area contributed by atoms with E-state index in [4.69, 9.17) is 0 Å². The maximum absolute atomic E-state index is 3.70. The molecule has 90 valence electrons. The van der Waals surface area contributed by atoms with Gasteiger partial charge in [-0.3, -0.25) is 0 Å². The van der Waals surface area contributed by atoms with Crippen LogP contribution in [-0.2, 0) is 6.42 Å². The van der Waals surface area contributed by atoms with Crippen molar-refractivity contribution in [1.82, 2.24) is 0 Å². The third kappa shape index (κ3) is 1.39. The molecular formula is C16H14BrN. The first-order valence-electron chi connectivity index (χ1n) is 6.47. The van der Waals surface area contributed by atoms with Gasteiger partial charge in [-0.25, -0.2) is 0 Å². The van der Waals surface area contributed by atoms with Crippen LogP contribution in [0.4, 0.5) is 5.69 Å². The molecule has 1 aliphatic heterocycles. The highest BCUT2D eigenvalue weighted by Crippen LogP contribution is 2.48. The van der Waals surface area contributed by atoms with Crippen molar-refractivity contribution in [3.05, 3.63) is 63.6 Å². The van der Waals surface area contributed by atoms with E-state index in [2.05, 4.69) is 63.7 Å². The Morgan fingerprint density at radius 3 is 2.78 bits per heavy atom. The third-order valence-electron chi connectivity index (χ3n) is 4.23. The highest BCUT2D eigenvalue weighted by atomic mass is 79.9. The Morgan fingerprint density at radius 1 is 1.00 bits per heavy atom. The molecule has 0 spiro atoms. The van der Waals surface area contributed by atoms with E-state index in [-0.39, 0.29) is 0 Å². The van der Waals surface area contributed by atoms with Crippen molar-refractivity contribution in [1.29, 1.82) is 0 Å². The summed E-state index contributed by atoms with van der Waals surface area (Å²) in [5.41, 5.74) is 5.78. The standard InChI is InChI=1S/C16H14BrN/c17-13-7-3-6-12-15-11-5-2-1-4-10(11)8-9-14(15)18-16(12)13/h1-7,14-15,18H,8-9H2. The molecule has 4 rings (SSSR count). The second-order valence-electron chi connectivity index (χ2n) is 5.17. The van der Waals surface area contributed by atoms with E-state index in [1.807, 2.05) is 0 Å². The summed E-state index contributed by atoms with van der Waals surface area (Å²) >= 11 is 3.66. The minimum atomic E-state index is 0.530. The molecule has 0 bridgehead atoms. The molecule has 0 radical (unpaired) electrons. The summed E-state index contributed by atoms with van der Waals surface area (Å²) < 4.78 is 1.19. The molecule has 2 unspecified atom stereocenters. The quantitative estimate of drug-likeness (QED) is 0.764. The molecule has 0 saturated carbocycles. The number of halogens is 1. The number of para-hydroxylation sites is 1. The van der Waals surface area contributed by atoms with Gasteiger partial charge in [0.25, 0.3) is 0 Å². The SMILES string of the molecule is Brc1cccc2c1NC1CCc3ccccc3C21. The van der Waals surface area contributed by atoms with E-state index in [1.165, 1.54) is 39.7 Å². The van der Waals surface area contributed by atoms with Crippen LogP contribution in [-0.4, -0.2) is 6.04 Å². The lowest BCUT2D eigenvalue weighted by atomic mass is 9.78. The van der Waals surface area contributed by atoms with E-state index >= 15 is 0 Å². The van der Waals surface area contributed by atoms with E-state index in [9.17, 15) is 0 Å². The van der Waals surface area contributed by atoms with E-state index in [0.29, 0.717) is 12.0 Å². The first-order chi connectivity index (χ1) is 8.84. The Bertz CT molecular complexity index is 620. The van der Waals surface area contributed by atoms with Crippen molar-refractivity contribution in [2.24, 2.45) is 0 Å². The molecule has 1 N–H and O–H groups in total. The van der Waals surface area contributed by atoms with Crippen molar-refractivity contribution >= 4 is 21.6 Å². The molecular weight excluding hydrogens is 286 g/mol. The Labute approximate surface area is 115 Å². The summed E-state index contributed by atoms with van der Waals surface area (Å²) in [6.07, 6.45) is 2.42. The summed E-state index contributed by atoms with van der Waals surface area (Å²) in [5.74, 6) is 0.530. The van der Waals surface area contributed by atoms with Crippen molar-refractivity contribution in [3.63, 3.8) is 0 Å². The predicted octanol–water partition coefficient (Wildman–Crippen LogP) is 4.32. The number of anilines is 1. The summed E-state index contributed by atoms with van der Waals surface area (Å²) in [7, 11) is 0. The van der Waals surface area contributed by atoms with Gasteiger partial charge in [-0.1, -0.05) is 36.4 Å². The van der Waals surface area contributed by atoms with Crippen LogP contribution in [0.25, 0.3) is 0 Å². The number of hydrogen-bond donors (Lipinski definition) is 1. The molecule has 0 amide bonds. The Morgan fingerprint density at radius 2 is 1.83 bits per heavy atom. The predicted molar refractivity (Wildman–Crippen MR) is 78.2 cm³/mol.